The smallest absolute Gasteiger partial charge is 0.325 e. The van der Waals surface area contributed by atoms with E-state index >= 15 is 0 Å². The zero-order valence-electron chi connectivity index (χ0n) is 18.8. The maximum Gasteiger partial charge on any atom is 0.325 e. The SMILES string of the molecule is CCOC(=O)CN1C(=S)N[C@H](c2ccccn2)[C@@H]1c1cc(C)n(-c2ccc(C)cc2)c1C. The zero-order chi connectivity index (χ0) is 22.8. The molecule has 3 heterocycles. The monoisotopic (exact) mass is 448 g/mol. The fourth-order valence-corrected chi connectivity index (χ4v) is 4.74. The summed E-state index contributed by atoms with van der Waals surface area (Å²) >= 11 is 5.66. The number of carbonyl (C=O) groups excluding carboxylic acids is 1. The highest BCUT2D eigenvalue weighted by molar-refractivity contribution is 7.80. The summed E-state index contributed by atoms with van der Waals surface area (Å²) in [7, 11) is 0. The van der Waals surface area contributed by atoms with Crippen molar-refractivity contribution in [1.29, 1.82) is 0 Å². The Morgan fingerprint density at radius 3 is 2.56 bits per heavy atom. The average Bonchev–Trinajstić information content (AvgIpc) is 3.25. The van der Waals surface area contributed by atoms with Gasteiger partial charge >= 0.3 is 5.97 Å². The molecule has 1 saturated heterocycles. The van der Waals surface area contributed by atoms with Crippen molar-refractivity contribution in [3.05, 3.63) is 82.9 Å². The number of benzene rings is 1. The summed E-state index contributed by atoms with van der Waals surface area (Å²) in [6.07, 6.45) is 1.78. The minimum absolute atomic E-state index is 0.0852. The second-order valence-electron chi connectivity index (χ2n) is 8.06. The van der Waals surface area contributed by atoms with Gasteiger partial charge in [0.2, 0.25) is 0 Å². The van der Waals surface area contributed by atoms with Crippen LogP contribution in [0.15, 0.2) is 54.7 Å². The van der Waals surface area contributed by atoms with Crippen LogP contribution in [0.1, 0.15) is 47.2 Å². The van der Waals surface area contributed by atoms with Gasteiger partial charge in [0.05, 0.1) is 24.4 Å². The fraction of sp³-hybridized carbons (Fsp3) is 0.320. The van der Waals surface area contributed by atoms with Gasteiger partial charge in [-0.1, -0.05) is 23.8 Å². The van der Waals surface area contributed by atoms with Gasteiger partial charge in [-0.15, -0.1) is 0 Å². The van der Waals surface area contributed by atoms with Crippen molar-refractivity contribution in [3.63, 3.8) is 0 Å². The molecule has 1 N–H and O–H groups in total. The molecule has 2 aromatic heterocycles. The van der Waals surface area contributed by atoms with Crippen molar-refractivity contribution >= 4 is 23.3 Å². The second-order valence-corrected chi connectivity index (χ2v) is 8.44. The van der Waals surface area contributed by atoms with E-state index in [1.807, 2.05) is 30.0 Å². The Labute approximate surface area is 194 Å². The molecule has 3 aromatic rings. The van der Waals surface area contributed by atoms with E-state index in [1.165, 1.54) is 5.56 Å². The number of ether oxygens (including phenoxy) is 1. The highest BCUT2D eigenvalue weighted by Gasteiger charge is 2.42. The van der Waals surface area contributed by atoms with Crippen molar-refractivity contribution < 1.29 is 9.53 Å². The lowest BCUT2D eigenvalue weighted by molar-refractivity contribution is -0.143. The number of nitrogens with zero attached hydrogens (tertiary/aromatic N) is 3. The topological polar surface area (TPSA) is 59.4 Å². The van der Waals surface area contributed by atoms with E-state index < -0.39 is 0 Å². The van der Waals surface area contributed by atoms with E-state index in [2.05, 4.69) is 66.0 Å². The Morgan fingerprint density at radius 2 is 1.91 bits per heavy atom. The van der Waals surface area contributed by atoms with Crippen LogP contribution in [0.5, 0.6) is 0 Å². The fourth-order valence-electron chi connectivity index (χ4n) is 4.44. The quantitative estimate of drug-likeness (QED) is 0.447. The van der Waals surface area contributed by atoms with Gasteiger partial charge < -0.3 is 19.5 Å². The van der Waals surface area contributed by atoms with Crippen molar-refractivity contribution in [1.82, 2.24) is 19.8 Å². The molecule has 0 amide bonds. The molecule has 7 heteroatoms. The summed E-state index contributed by atoms with van der Waals surface area (Å²) in [4.78, 5) is 18.9. The molecule has 166 valence electrons. The summed E-state index contributed by atoms with van der Waals surface area (Å²) in [6, 6.07) is 16.2. The number of rotatable bonds is 6. The third kappa shape index (κ3) is 4.12. The lowest BCUT2D eigenvalue weighted by atomic mass is 9.97. The number of aromatic nitrogens is 2. The molecule has 0 saturated carbocycles. The molecule has 0 spiro atoms. The minimum Gasteiger partial charge on any atom is -0.465 e. The molecule has 32 heavy (non-hydrogen) atoms. The van der Waals surface area contributed by atoms with Crippen LogP contribution in [0.25, 0.3) is 5.69 Å². The maximum absolute atomic E-state index is 12.4. The van der Waals surface area contributed by atoms with Crippen molar-refractivity contribution in [2.75, 3.05) is 13.2 Å². The first-order chi connectivity index (χ1) is 15.4. The van der Waals surface area contributed by atoms with E-state index in [0.717, 1.165) is 28.3 Å². The molecule has 0 bridgehead atoms. The molecule has 4 rings (SSSR count). The summed E-state index contributed by atoms with van der Waals surface area (Å²) in [6.45, 7) is 8.53. The number of carbonyl (C=O) groups is 1. The molecule has 1 aromatic carbocycles. The first kappa shape index (κ1) is 22.0. The van der Waals surface area contributed by atoms with Gasteiger partial charge in [0.25, 0.3) is 0 Å². The van der Waals surface area contributed by atoms with E-state index in [4.69, 9.17) is 17.0 Å². The number of thiocarbonyl (C=S) groups is 1. The molecule has 1 aliphatic heterocycles. The van der Waals surface area contributed by atoms with Crippen molar-refractivity contribution in [2.45, 2.75) is 39.8 Å². The van der Waals surface area contributed by atoms with Gasteiger partial charge in [-0.05, 0) is 75.8 Å². The maximum atomic E-state index is 12.4. The Balaban J connectivity index is 1.80. The largest absolute Gasteiger partial charge is 0.465 e. The third-order valence-corrected chi connectivity index (χ3v) is 6.24. The van der Waals surface area contributed by atoms with Gasteiger partial charge in [-0.3, -0.25) is 9.78 Å². The van der Waals surface area contributed by atoms with Gasteiger partial charge in [-0.2, -0.15) is 0 Å². The highest BCUT2D eigenvalue weighted by atomic mass is 32.1. The first-order valence-corrected chi connectivity index (χ1v) is 11.2. The Kier molecular flexibility index (Phi) is 6.28. The van der Waals surface area contributed by atoms with Gasteiger partial charge in [0, 0.05) is 23.3 Å². The molecule has 0 unspecified atom stereocenters. The molecule has 0 radical (unpaired) electrons. The summed E-state index contributed by atoms with van der Waals surface area (Å²) < 4.78 is 7.47. The van der Waals surface area contributed by atoms with Crippen LogP contribution in [0.4, 0.5) is 0 Å². The Hall–Kier alpha value is -3.19. The number of hydrogen-bond acceptors (Lipinski definition) is 4. The first-order valence-electron chi connectivity index (χ1n) is 10.8. The van der Waals surface area contributed by atoms with E-state index in [1.54, 1.807) is 6.20 Å². The van der Waals surface area contributed by atoms with Gasteiger partial charge in [0.1, 0.15) is 6.54 Å². The number of aryl methyl sites for hydroxylation is 2. The summed E-state index contributed by atoms with van der Waals surface area (Å²) in [5, 5.41) is 3.92. The van der Waals surface area contributed by atoms with Crippen LogP contribution in [0, 0.1) is 20.8 Å². The lowest BCUT2D eigenvalue weighted by Gasteiger charge is -2.27. The summed E-state index contributed by atoms with van der Waals surface area (Å²) in [5.74, 6) is -0.296. The number of nitrogens with one attached hydrogen (secondary N) is 1. The van der Waals surface area contributed by atoms with Crippen molar-refractivity contribution in [3.8, 4) is 5.69 Å². The molecule has 0 aliphatic carbocycles. The zero-order valence-corrected chi connectivity index (χ0v) is 19.6. The predicted molar refractivity (Wildman–Crippen MR) is 129 cm³/mol. The van der Waals surface area contributed by atoms with Crippen LogP contribution < -0.4 is 5.32 Å². The highest BCUT2D eigenvalue weighted by Crippen LogP contribution is 2.41. The van der Waals surface area contributed by atoms with Crippen LogP contribution >= 0.6 is 12.2 Å². The van der Waals surface area contributed by atoms with E-state index in [0.29, 0.717) is 11.7 Å². The van der Waals surface area contributed by atoms with Crippen LogP contribution in [0.3, 0.4) is 0 Å². The molecule has 2 atom stereocenters. The summed E-state index contributed by atoms with van der Waals surface area (Å²) in [5.41, 5.74) is 6.55. The normalized spacial score (nSPS) is 18.0. The number of hydrogen-bond donors (Lipinski definition) is 1. The number of esters is 1. The van der Waals surface area contributed by atoms with Crippen LogP contribution in [0.2, 0.25) is 0 Å². The third-order valence-electron chi connectivity index (χ3n) is 5.88. The molecular weight excluding hydrogens is 420 g/mol. The standard InChI is InChI=1S/C25H28N4O2S/c1-5-31-22(30)15-28-24(23(27-25(28)32)21-8-6-7-13-26-21)20-14-17(3)29(18(20)4)19-11-9-16(2)10-12-19/h6-14,23-24H,5,15H2,1-4H3,(H,27,32)/t23-,24+/m1/s1. The lowest BCUT2D eigenvalue weighted by Crippen LogP contribution is -2.35. The van der Waals surface area contributed by atoms with Gasteiger partial charge in [0.15, 0.2) is 5.11 Å². The van der Waals surface area contributed by atoms with E-state index in [-0.39, 0.29) is 24.6 Å². The second kappa shape index (κ2) is 9.12. The van der Waals surface area contributed by atoms with Crippen LogP contribution in [-0.2, 0) is 9.53 Å². The molecule has 1 aliphatic rings. The minimum atomic E-state index is -0.296. The number of pyridine rings is 1. The molecule has 1 fully saturated rings. The average molecular weight is 449 g/mol. The predicted octanol–water partition coefficient (Wildman–Crippen LogP) is 4.33. The van der Waals surface area contributed by atoms with E-state index in [9.17, 15) is 4.79 Å². The Morgan fingerprint density at radius 1 is 1.16 bits per heavy atom. The Bertz CT molecular complexity index is 1120. The van der Waals surface area contributed by atoms with Crippen molar-refractivity contribution in [2.24, 2.45) is 0 Å². The van der Waals surface area contributed by atoms with Gasteiger partial charge in [-0.25, -0.2) is 0 Å². The molecular formula is C25H28N4O2S. The van der Waals surface area contributed by atoms with Crippen LogP contribution in [-0.4, -0.2) is 38.7 Å². The molecule has 6 nitrogen and oxygen atoms in total.